The third-order valence-electron chi connectivity index (χ3n) is 5.08. The second-order valence-corrected chi connectivity index (χ2v) is 8.16. The number of nitrogens with one attached hydrogen (secondary N) is 1. The van der Waals surface area contributed by atoms with Crippen molar-refractivity contribution in [2.45, 2.75) is 57.8 Å². The summed E-state index contributed by atoms with van der Waals surface area (Å²) in [6.07, 6.45) is -2.46. The van der Waals surface area contributed by atoms with Crippen molar-refractivity contribution < 1.29 is 34.0 Å². The summed E-state index contributed by atoms with van der Waals surface area (Å²) in [6, 6.07) is 5.72. The minimum absolute atomic E-state index is 0.0560. The average Bonchev–Trinajstić information content (AvgIpc) is 3.12. The van der Waals surface area contributed by atoms with Crippen molar-refractivity contribution in [3.63, 3.8) is 0 Å². The lowest BCUT2D eigenvalue weighted by Crippen LogP contribution is -2.28. The molecular formula is C23H32FN3O6. The number of nitrogens with zero attached hydrogens (tertiary/aromatic N) is 2. The van der Waals surface area contributed by atoms with Gasteiger partial charge in [0.25, 0.3) is 5.91 Å². The summed E-state index contributed by atoms with van der Waals surface area (Å²) in [5.74, 6) is -1.40. The number of halogens is 1. The van der Waals surface area contributed by atoms with E-state index in [4.69, 9.17) is 9.84 Å². The zero-order valence-electron chi connectivity index (χ0n) is 19.1. The van der Waals surface area contributed by atoms with Gasteiger partial charge in [0.2, 0.25) is 0 Å². The number of rotatable bonds is 13. The number of methoxy groups -OCH3 is 1. The fourth-order valence-corrected chi connectivity index (χ4v) is 3.54. The van der Waals surface area contributed by atoms with Crippen LogP contribution in [-0.4, -0.2) is 69.2 Å². The van der Waals surface area contributed by atoms with E-state index in [2.05, 4.69) is 10.3 Å². The van der Waals surface area contributed by atoms with Gasteiger partial charge in [-0.2, -0.15) is 0 Å². The van der Waals surface area contributed by atoms with Gasteiger partial charge in [-0.15, -0.1) is 0 Å². The van der Waals surface area contributed by atoms with E-state index >= 15 is 0 Å². The maximum atomic E-state index is 13.6. The number of carbonyl (C=O) groups excluding carboxylic acids is 1. The zero-order chi connectivity index (χ0) is 24.5. The maximum Gasteiger partial charge on any atom is 0.305 e. The summed E-state index contributed by atoms with van der Waals surface area (Å²) in [5, 5.41) is 31.7. The molecule has 0 aliphatic heterocycles. The maximum absolute atomic E-state index is 13.6. The van der Waals surface area contributed by atoms with E-state index in [9.17, 15) is 24.2 Å². The molecule has 1 aromatic carbocycles. The number of carboxylic acids is 1. The Bertz CT molecular complexity index is 929. The molecule has 0 bridgehead atoms. The molecule has 2 rings (SSSR count). The van der Waals surface area contributed by atoms with Crippen LogP contribution in [0.3, 0.4) is 0 Å². The lowest BCUT2D eigenvalue weighted by Gasteiger charge is -2.18. The standard InChI is InChI=1S/C23H32FN3O6/c1-14(2)22-26-20(23(32)25-9-11-33-3)21(15-4-6-16(24)7-5-15)27(22)10-8-17(28)12-18(29)13-19(30)31/h4-7,14,17-18,28-29H,8-13H2,1-3H3,(H,25,32)(H,30,31)/t17-,18-/m1/s1. The third-order valence-corrected chi connectivity index (χ3v) is 5.08. The number of carboxylic acid groups (broad SMARTS) is 1. The Morgan fingerprint density at radius 2 is 1.85 bits per heavy atom. The molecule has 0 aliphatic rings. The Morgan fingerprint density at radius 3 is 2.42 bits per heavy atom. The van der Waals surface area contributed by atoms with Crippen molar-refractivity contribution in [2.75, 3.05) is 20.3 Å². The number of ether oxygens (including phenoxy) is 1. The van der Waals surface area contributed by atoms with Crippen LogP contribution in [0.2, 0.25) is 0 Å². The molecule has 0 aliphatic carbocycles. The highest BCUT2D eigenvalue weighted by Gasteiger charge is 2.25. The van der Waals surface area contributed by atoms with Crippen LogP contribution in [0.5, 0.6) is 0 Å². The summed E-state index contributed by atoms with van der Waals surface area (Å²) in [4.78, 5) is 28.2. The first kappa shape index (κ1) is 26.4. The molecule has 182 valence electrons. The molecule has 0 radical (unpaired) electrons. The number of carbonyl (C=O) groups is 2. The molecule has 1 amide bonds. The summed E-state index contributed by atoms with van der Waals surface area (Å²) in [6.45, 7) is 4.74. The van der Waals surface area contributed by atoms with Crippen LogP contribution >= 0.6 is 0 Å². The molecule has 10 heteroatoms. The number of aliphatic carboxylic acids is 1. The Labute approximate surface area is 192 Å². The first-order valence-corrected chi connectivity index (χ1v) is 10.8. The number of hydrogen-bond acceptors (Lipinski definition) is 6. The van der Waals surface area contributed by atoms with Crippen molar-refractivity contribution in [2.24, 2.45) is 0 Å². The van der Waals surface area contributed by atoms with Gasteiger partial charge in [0.05, 0.1) is 30.9 Å². The minimum Gasteiger partial charge on any atom is -0.481 e. The first-order valence-electron chi connectivity index (χ1n) is 10.8. The Balaban J connectivity index is 2.39. The summed E-state index contributed by atoms with van der Waals surface area (Å²) >= 11 is 0. The number of aliphatic hydroxyl groups is 2. The number of amides is 1. The van der Waals surface area contributed by atoms with Crippen LogP contribution in [0.25, 0.3) is 11.3 Å². The topological polar surface area (TPSA) is 134 Å². The summed E-state index contributed by atoms with van der Waals surface area (Å²) < 4.78 is 20.3. The van der Waals surface area contributed by atoms with Crippen molar-refractivity contribution >= 4 is 11.9 Å². The number of benzene rings is 1. The predicted octanol–water partition coefficient (Wildman–Crippen LogP) is 2.17. The Hall–Kier alpha value is -2.82. The predicted molar refractivity (Wildman–Crippen MR) is 119 cm³/mol. The van der Waals surface area contributed by atoms with Crippen molar-refractivity contribution in [1.29, 1.82) is 0 Å². The molecular weight excluding hydrogens is 433 g/mol. The van der Waals surface area contributed by atoms with Crippen LogP contribution < -0.4 is 5.32 Å². The minimum atomic E-state index is -1.16. The van der Waals surface area contributed by atoms with E-state index in [0.29, 0.717) is 30.2 Å². The van der Waals surface area contributed by atoms with Gasteiger partial charge < -0.3 is 29.9 Å². The summed E-state index contributed by atoms with van der Waals surface area (Å²) in [7, 11) is 1.53. The second kappa shape index (κ2) is 12.4. The van der Waals surface area contributed by atoms with Crippen LogP contribution in [0.4, 0.5) is 4.39 Å². The zero-order valence-corrected chi connectivity index (χ0v) is 19.1. The van der Waals surface area contributed by atoms with Gasteiger partial charge >= 0.3 is 5.97 Å². The van der Waals surface area contributed by atoms with Crippen molar-refractivity contribution in [3.8, 4) is 11.3 Å². The molecule has 1 heterocycles. The molecule has 2 aromatic rings. The molecule has 0 unspecified atom stereocenters. The highest BCUT2D eigenvalue weighted by atomic mass is 19.1. The highest BCUT2D eigenvalue weighted by Crippen LogP contribution is 2.29. The molecule has 9 nitrogen and oxygen atoms in total. The normalized spacial score (nSPS) is 13.2. The first-order chi connectivity index (χ1) is 15.6. The van der Waals surface area contributed by atoms with Crippen LogP contribution in [-0.2, 0) is 16.1 Å². The van der Waals surface area contributed by atoms with E-state index in [1.807, 2.05) is 18.4 Å². The van der Waals surface area contributed by atoms with E-state index in [0.717, 1.165) is 0 Å². The van der Waals surface area contributed by atoms with Crippen molar-refractivity contribution in [3.05, 3.63) is 41.6 Å². The van der Waals surface area contributed by atoms with Crippen LogP contribution in [0.15, 0.2) is 24.3 Å². The Morgan fingerprint density at radius 1 is 1.18 bits per heavy atom. The smallest absolute Gasteiger partial charge is 0.305 e. The largest absolute Gasteiger partial charge is 0.481 e. The van der Waals surface area contributed by atoms with E-state index < -0.39 is 36.3 Å². The SMILES string of the molecule is COCCNC(=O)c1nc(C(C)C)n(CC[C@@H](O)C[C@@H](O)CC(=O)O)c1-c1ccc(F)cc1. The third kappa shape index (κ3) is 7.62. The lowest BCUT2D eigenvalue weighted by molar-refractivity contribution is -0.139. The number of hydrogen-bond donors (Lipinski definition) is 4. The molecule has 0 spiro atoms. The van der Waals surface area contributed by atoms with Crippen LogP contribution in [0.1, 0.15) is 55.3 Å². The molecule has 33 heavy (non-hydrogen) atoms. The van der Waals surface area contributed by atoms with Gasteiger partial charge in [0.15, 0.2) is 5.69 Å². The molecule has 0 fully saturated rings. The van der Waals surface area contributed by atoms with E-state index in [1.54, 1.807) is 12.1 Å². The van der Waals surface area contributed by atoms with Gasteiger partial charge in [-0.1, -0.05) is 13.8 Å². The number of imidazole rings is 1. The Kier molecular flexibility index (Phi) is 9.95. The monoisotopic (exact) mass is 465 g/mol. The molecule has 2 atom stereocenters. The number of aromatic nitrogens is 2. The van der Waals surface area contributed by atoms with Gasteiger partial charge in [0, 0.05) is 31.7 Å². The summed E-state index contributed by atoms with van der Waals surface area (Å²) in [5.41, 5.74) is 1.27. The van der Waals surface area contributed by atoms with Crippen molar-refractivity contribution in [1.82, 2.24) is 14.9 Å². The van der Waals surface area contributed by atoms with E-state index in [-0.39, 0.29) is 31.0 Å². The van der Waals surface area contributed by atoms with Gasteiger partial charge in [-0.25, -0.2) is 9.37 Å². The van der Waals surface area contributed by atoms with Gasteiger partial charge in [0.1, 0.15) is 11.6 Å². The molecule has 0 saturated heterocycles. The van der Waals surface area contributed by atoms with E-state index in [1.165, 1.54) is 19.2 Å². The van der Waals surface area contributed by atoms with Crippen LogP contribution in [0, 0.1) is 5.82 Å². The lowest BCUT2D eigenvalue weighted by atomic mass is 10.1. The fraction of sp³-hybridized carbons (Fsp3) is 0.522. The number of aliphatic hydroxyl groups excluding tert-OH is 2. The quantitative estimate of drug-likeness (QED) is 0.333. The molecule has 0 saturated carbocycles. The molecule has 1 aromatic heterocycles. The fourth-order valence-electron chi connectivity index (χ4n) is 3.54. The second-order valence-electron chi connectivity index (χ2n) is 8.16. The van der Waals surface area contributed by atoms with Gasteiger partial charge in [-0.3, -0.25) is 9.59 Å². The molecule has 4 N–H and O–H groups in total. The highest BCUT2D eigenvalue weighted by molar-refractivity contribution is 5.98. The van der Waals surface area contributed by atoms with Gasteiger partial charge in [-0.05, 0) is 37.1 Å². The average molecular weight is 466 g/mol.